The van der Waals surface area contributed by atoms with Crippen molar-refractivity contribution in [3.05, 3.63) is 0 Å². The highest BCUT2D eigenvalue weighted by atomic mass is 32.2. The molecule has 1 N–H and O–H groups in total. The van der Waals surface area contributed by atoms with Crippen molar-refractivity contribution in [1.82, 2.24) is 9.62 Å². The van der Waals surface area contributed by atoms with E-state index in [1.54, 1.807) is 4.31 Å². The minimum absolute atomic E-state index is 0.306. The van der Waals surface area contributed by atoms with E-state index in [1.165, 1.54) is 0 Å². The molecule has 1 heterocycles. The second-order valence-electron chi connectivity index (χ2n) is 4.69. The first-order chi connectivity index (χ1) is 7.51. The maximum Gasteiger partial charge on any atom is 0.214 e. The molecule has 0 aromatic rings. The van der Waals surface area contributed by atoms with E-state index in [1.807, 2.05) is 14.0 Å². The molecule has 1 saturated heterocycles. The fourth-order valence-corrected chi connectivity index (χ4v) is 4.00. The van der Waals surface area contributed by atoms with Gasteiger partial charge in [0, 0.05) is 19.1 Å². The Kier molecular flexibility index (Phi) is 5.21. The Labute approximate surface area is 99.5 Å². The zero-order valence-corrected chi connectivity index (χ0v) is 11.4. The summed E-state index contributed by atoms with van der Waals surface area (Å²) < 4.78 is 25.6. The van der Waals surface area contributed by atoms with Crippen molar-refractivity contribution >= 4 is 10.0 Å². The number of hydrogen-bond acceptors (Lipinski definition) is 3. The molecule has 0 aromatic carbocycles. The summed E-state index contributed by atoms with van der Waals surface area (Å²) in [6.07, 6.45) is 2.62. The Morgan fingerprint density at radius 2 is 2.12 bits per heavy atom. The molecule has 1 fully saturated rings. The molecule has 96 valence electrons. The zero-order chi connectivity index (χ0) is 12.2. The van der Waals surface area contributed by atoms with Crippen molar-refractivity contribution in [3.63, 3.8) is 0 Å². The van der Waals surface area contributed by atoms with E-state index >= 15 is 0 Å². The number of piperidine rings is 1. The summed E-state index contributed by atoms with van der Waals surface area (Å²) in [6.45, 7) is 5.47. The minimum Gasteiger partial charge on any atom is -0.317 e. The topological polar surface area (TPSA) is 49.4 Å². The Morgan fingerprint density at radius 1 is 1.44 bits per heavy atom. The summed E-state index contributed by atoms with van der Waals surface area (Å²) in [7, 11) is -1.06. The average Bonchev–Trinajstić information content (AvgIpc) is 2.26. The molecule has 1 aliphatic rings. The van der Waals surface area contributed by atoms with Gasteiger partial charge in [-0.05, 0) is 25.8 Å². The van der Waals surface area contributed by atoms with Gasteiger partial charge in [-0.2, -0.15) is 0 Å². The zero-order valence-electron chi connectivity index (χ0n) is 10.6. The SMILES string of the molecule is CCCCS(=O)(=O)N1CCC(NC)C(C)C1. The second kappa shape index (κ2) is 5.98. The van der Waals surface area contributed by atoms with E-state index in [4.69, 9.17) is 0 Å². The third-order valence-electron chi connectivity index (χ3n) is 3.39. The molecule has 0 aromatic heterocycles. The molecule has 0 saturated carbocycles. The van der Waals surface area contributed by atoms with Crippen LogP contribution in [0.1, 0.15) is 33.1 Å². The van der Waals surface area contributed by atoms with Crippen LogP contribution in [0.2, 0.25) is 0 Å². The van der Waals surface area contributed by atoms with Gasteiger partial charge < -0.3 is 5.32 Å². The highest BCUT2D eigenvalue weighted by Crippen LogP contribution is 2.19. The Morgan fingerprint density at radius 3 is 2.62 bits per heavy atom. The fourth-order valence-electron chi connectivity index (χ4n) is 2.24. The maximum atomic E-state index is 12.0. The normalized spacial score (nSPS) is 28.2. The van der Waals surface area contributed by atoms with Crippen LogP contribution in [0.3, 0.4) is 0 Å². The largest absolute Gasteiger partial charge is 0.317 e. The van der Waals surface area contributed by atoms with Crippen LogP contribution in [0, 0.1) is 5.92 Å². The third kappa shape index (κ3) is 3.43. The van der Waals surface area contributed by atoms with Crippen LogP contribution in [0.4, 0.5) is 0 Å². The Balaban J connectivity index is 2.56. The van der Waals surface area contributed by atoms with Gasteiger partial charge >= 0.3 is 0 Å². The van der Waals surface area contributed by atoms with Crippen LogP contribution in [-0.4, -0.2) is 44.7 Å². The maximum absolute atomic E-state index is 12.0. The van der Waals surface area contributed by atoms with Crippen molar-refractivity contribution in [1.29, 1.82) is 0 Å². The molecule has 0 spiro atoms. The molecule has 0 radical (unpaired) electrons. The van der Waals surface area contributed by atoms with Crippen LogP contribution in [0.25, 0.3) is 0 Å². The lowest BCUT2D eigenvalue weighted by Gasteiger charge is -2.36. The standard InChI is InChI=1S/C11H24N2O2S/c1-4-5-8-16(14,15)13-7-6-11(12-3)10(2)9-13/h10-12H,4-9H2,1-3H3. The number of sulfonamides is 1. The molecule has 2 unspecified atom stereocenters. The minimum atomic E-state index is -3.00. The van der Waals surface area contributed by atoms with Crippen LogP contribution < -0.4 is 5.32 Å². The van der Waals surface area contributed by atoms with Crippen molar-refractivity contribution in [2.75, 3.05) is 25.9 Å². The molecule has 2 atom stereocenters. The highest BCUT2D eigenvalue weighted by molar-refractivity contribution is 7.89. The molecule has 5 heteroatoms. The van der Waals surface area contributed by atoms with E-state index in [0.29, 0.717) is 30.8 Å². The number of hydrogen-bond donors (Lipinski definition) is 1. The van der Waals surface area contributed by atoms with E-state index in [2.05, 4.69) is 12.2 Å². The van der Waals surface area contributed by atoms with E-state index in [0.717, 1.165) is 19.3 Å². The van der Waals surface area contributed by atoms with Crippen molar-refractivity contribution in [2.24, 2.45) is 5.92 Å². The van der Waals surface area contributed by atoms with Gasteiger partial charge in [-0.15, -0.1) is 0 Å². The lowest BCUT2D eigenvalue weighted by atomic mass is 9.96. The van der Waals surface area contributed by atoms with Crippen LogP contribution in [0.5, 0.6) is 0 Å². The summed E-state index contributed by atoms with van der Waals surface area (Å²) in [5.74, 6) is 0.704. The third-order valence-corrected chi connectivity index (χ3v) is 5.31. The van der Waals surface area contributed by atoms with Gasteiger partial charge in [0.25, 0.3) is 0 Å². The first kappa shape index (κ1) is 13.9. The molecule has 4 nitrogen and oxygen atoms in total. The van der Waals surface area contributed by atoms with Crippen LogP contribution >= 0.6 is 0 Å². The molecule has 0 bridgehead atoms. The summed E-state index contributed by atoms with van der Waals surface area (Å²) in [5, 5.41) is 3.25. The Bertz CT molecular complexity index is 303. The summed E-state index contributed by atoms with van der Waals surface area (Å²) >= 11 is 0. The molecule has 1 aliphatic heterocycles. The van der Waals surface area contributed by atoms with Gasteiger partial charge in [0.2, 0.25) is 10.0 Å². The van der Waals surface area contributed by atoms with E-state index in [-0.39, 0.29) is 0 Å². The number of nitrogens with one attached hydrogen (secondary N) is 1. The molecular formula is C11H24N2O2S. The summed E-state index contributed by atoms with van der Waals surface area (Å²) in [5.41, 5.74) is 0. The first-order valence-electron chi connectivity index (χ1n) is 6.16. The van der Waals surface area contributed by atoms with Gasteiger partial charge in [0.05, 0.1) is 5.75 Å². The number of nitrogens with zero attached hydrogens (tertiary/aromatic N) is 1. The molecule has 1 rings (SSSR count). The van der Waals surface area contributed by atoms with E-state index < -0.39 is 10.0 Å². The smallest absolute Gasteiger partial charge is 0.214 e. The summed E-state index contributed by atoms with van der Waals surface area (Å²) in [6, 6.07) is 0.456. The molecule has 16 heavy (non-hydrogen) atoms. The van der Waals surface area contributed by atoms with Gasteiger partial charge in [0.15, 0.2) is 0 Å². The number of rotatable bonds is 5. The van der Waals surface area contributed by atoms with E-state index in [9.17, 15) is 8.42 Å². The van der Waals surface area contributed by atoms with Crippen molar-refractivity contribution in [3.8, 4) is 0 Å². The predicted octanol–water partition coefficient (Wildman–Crippen LogP) is 1.05. The van der Waals surface area contributed by atoms with Gasteiger partial charge in [0.1, 0.15) is 0 Å². The predicted molar refractivity (Wildman–Crippen MR) is 66.9 cm³/mol. The quantitative estimate of drug-likeness (QED) is 0.791. The van der Waals surface area contributed by atoms with Crippen molar-refractivity contribution in [2.45, 2.75) is 39.2 Å². The lowest BCUT2D eigenvalue weighted by Crippen LogP contribution is -2.49. The Hall–Kier alpha value is -0.130. The van der Waals surface area contributed by atoms with Crippen LogP contribution in [-0.2, 0) is 10.0 Å². The second-order valence-corrected chi connectivity index (χ2v) is 6.78. The average molecular weight is 248 g/mol. The van der Waals surface area contributed by atoms with Gasteiger partial charge in [-0.25, -0.2) is 12.7 Å². The lowest BCUT2D eigenvalue weighted by molar-refractivity contribution is 0.228. The monoisotopic (exact) mass is 248 g/mol. The first-order valence-corrected chi connectivity index (χ1v) is 7.77. The highest BCUT2D eigenvalue weighted by Gasteiger charge is 2.31. The van der Waals surface area contributed by atoms with Crippen molar-refractivity contribution < 1.29 is 8.42 Å². The van der Waals surface area contributed by atoms with Crippen LogP contribution in [0.15, 0.2) is 0 Å². The fraction of sp³-hybridized carbons (Fsp3) is 1.00. The summed E-state index contributed by atoms with van der Waals surface area (Å²) in [4.78, 5) is 0. The molecule has 0 aliphatic carbocycles. The van der Waals surface area contributed by atoms with Gasteiger partial charge in [-0.1, -0.05) is 20.3 Å². The molecule has 0 amide bonds. The molecular weight excluding hydrogens is 224 g/mol. The number of unbranched alkanes of at least 4 members (excludes halogenated alkanes) is 1. The van der Waals surface area contributed by atoms with Gasteiger partial charge in [-0.3, -0.25) is 0 Å².